The summed E-state index contributed by atoms with van der Waals surface area (Å²) in [6.07, 6.45) is 0. The van der Waals surface area contributed by atoms with Crippen molar-refractivity contribution in [2.24, 2.45) is 0 Å². The Morgan fingerprint density at radius 2 is 1.71 bits per heavy atom. The Kier molecular flexibility index (Phi) is 6.39. The van der Waals surface area contributed by atoms with Crippen LogP contribution in [0.4, 0.5) is 5.69 Å². The van der Waals surface area contributed by atoms with Gasteiger partial charge in [0.1, 0.15) is 0 Å². The molecule has 0 atom stereocenters. The Labute approximate surface area is 133 Å². The summed E-state index contributed by atoms with van der Waals surface area (Å²) in [5.74, 6) is -0.310. The van der Waals surface area contributed by atoms with Crippen molar-refractivity contribution in [2.45, 2.75) is 0 Å². The van der Waals surface area contributed by atoms with Crippen LogP contribution in [0.1, 0.15) is 0 Å². The predicted molar refractivity (Wildman–Crippen MR) is 77.8 cm³/mol. The van der Waals surface area contributed by atoms with Crippen LogP contribution in [-0.2, 0) is 17.1 Å². The third-order valence-corrected chi connectivity index (χ3v) is 2.72. The van der Waals surface area contributed by atoms with Gasteiger partial charge in [0.25, 0.3) is 5.69 Å². The fourth-order valence-electron chi connectivity index (χ4n) is 1.74. The zero-order chi connectivity index (χ0) is 14.4. The molecule has 3 aromatic carbocycles. The number of rotatable bonds is 2. The van der Waals surface area contributed by atoms with Crippen LogP contribution < -0.4 is 0 Å². The van der Waals surface area contributed by atoms with Gasteiger partial charge in [-0.15, -0.1) is 23.8 Å². The van der Waals surface area contributed by atoms with E-state index in [0.717, 1.165) is 11.1 Å². The second-order valence-corrected chi connectivity index (χ2v) is 4.10. The van der Waals surface area contributed by atoms with Crippen molar-refractivity contribution in [1.82, 2.24) is 0 Å². The second-order valence-electron chi connectivity index (χ2n) is 4.10. The first-order valence-electron chi connectivity index (χ1n) is 6.04. The molecule has 0 aromatic heterocycles. The minimum absolute atomic E-state index is 0. The van der Waals surface area contributed by atoms with Gasteiger partial charge >= 0.3 is 17.1 Å². The minimum Gasteiger partial charge on any atom is -0.503 e. The SMILES string of the molecule is O=[N+]([O-])c1cc(-[c-]2cccc2)ccc1O.[Fe+2].c1cc[cH-]c1. The number of hydrogen-bond acceptors (Lipinski definition) is 3. The average molecular weight is 323 g/mol. The van der Waals surface area contributed by atoms with E-state index in [1.165, 1.54) is 12.1 Å². The van der Waals surface area contributed by atoms with Crippen LogP contribution in [0, 0.1) is 10.1 Å². The van der Waals surface area contributed by atoms with E-state index in [1.54, 1.807) is 6.07 Å². The van der Waals surface area contributed by atoms with Crippen LogP contribution in [0.25, 0.3) is 11.1 Å². The maximum atomic E-state index is 10.6. The standard InChI is InChI=1S/C11H8NO3.C5H5.Fe/c13-11-6-5-9(7-10(11)12(14)15)8-3-1-2-4-8;1-2-4-5-3-1;/h1-7,13H;1-5H;/q2*-1;+2. The minimum atomic E-state index is -0.595. The number of hydrogen-bond donors (Lipinski definition) is 1. The smallest absolute Gasteiger partial charge is 0.503 e. The third kappa shape index (κ3) is 4.60. The summed E-state index contributed by atoms with van der Waals surface area (Å²) in [5, 5.41) is 19.9. The van der Waals surface area contributed by atoms with E-state index in [9.17, 15) is 15.2 Å². The fraction of sp³-hybridized carbons (Fsp3) is 0. The molecule has 0 fully saturated rings. The van der Waals surface area contributed by atoms with Gasteiger partial charge in [0.15, 0.2) is 5.75 Å². The molecule has 0 aliphatic heterocycles. The van der Waals surface area contributed by atoms with Crippen LogP contribution in [0.3, 0.4) is 0 Å². The Hall–Kier alpha value is -2.36. The molecule has 0 saturated carbocycles. The van der Waals surface area contributed by atoms with Crippen LogP contribution in [0.15, 0.2) is 72.8 Å². The summed E-state index contributed by atoms with van der Waals surface area (Å²) in [7, 11) is 0. The summed E-state index contributed by atoms with van der Waals surface area (Å²) in [6.45, 7) is 0. The monoisotopic (exact) mass is 323 g/mol. The predicted octanol–water partition coefficient (Wildman–Crippen LogP) is 4.09. The first-order chi connectivity index (χ1) is 9.68. The average Bonchev–Trinajstić information content (AvgIpc) is 3.15. The summed E-state index contributed by atoms with van der Waals surface area (Å²) >= 11 is 0. The van der Waals surface area contributed by atoms with Gasteiger partial charge in [-0.05, 0) is 12.1 Å². The quantitative estimate of drug-likeness (QED) is 0.334. The number of nitro benzene ring substituents is 1. The summed E-state index contributed by atoms with van der Waals surface area (Å²) in [5.41, 5.74) is 1.36. The molecule has 0 heterocycles. The van der Waals surface area contributed by atoms with Crippen molar-refractivity contribution in [3.63, 3.8) is 0 Å². The molecule has 21 heavy (non-hydrogen) atoms. The molecule has 3 aromatic rings. The molecule has 3 rings (SSSR count). The zero-order valence-corrected chi connectivity index (χ0v) is 12.1. The molecule has 0 spiro atoms. The van der Waals surface area contributed by atoms with Gasteiger partial charge in [0.2, 0.25) is 0 Å². The third-order valence-electron chi connectivity index (χ3n) is 2.72. The van der Waals surface area contributed by atoms with Crippen molar-refractivity contribution in [3.05, 3.63) is 82.9 Å². The normalized spacial score (nSPS) is 9.14. The Morgan fingerprint density at radius 1 is 1.10 bits per heavy atom. The van der Waals surface area contributed by atoms with Crippen LogP contribution in [0.2, 0.25) is 0 Å². The van der Waals surface area contributed by atoms with Crippen molar-refractivity contribution < 1.29 is 27.1 Å². The molecule has 0 aliphatic rings. The molecular formula is C16H13FeNO3. The van der Waals surface area contributed by atoms with Crippen LogP contribution in [0.5, 0.6) is 5.75 Å². The molecule has 0 amide bonds. The van der Waals surface area contributed by atoms with Gasteiger partial charge in [-0.1, -0.05) is 5.56 Å². The molecule has 108 valence electrons. The van der Waals surface area contributed by atoms with Crippen molar-refractivity contribution in [3.8, 4) is 16.9 Å². The van der Waals surface area contributed by atoms with E-state index in [0.29, 0.717) is 0 Å². The number of phenols is 1. The van der Waals surface area contributed by atoms with Gasteiger partial charge in [-0.2, -0.15) is 30.3 Å². The zero-order valence-electron chi connectivity index (χ0n) is 11.0. The topological polar surface area (TPSA) is 63.4 Å². The first kappa shape index (κ1) is 16.7. The molecular weight excluding hydrogens is 310 g/mol. The number of benzene rings is 1. The molecule has 1 N–H and O–H groups in total. The van der Waals surface area contributed by atoms with E-state index in [1.807, 2.05) is 54.6 Å². The molecule has 5 heteroatoms. The molecule has 0 bridgehead atoms. The molecule has 0 unspecified atom stereocenters. The Bertz CT molecular complexity index is 644. The number of aromatic hydroxyl groups is 1. The second kappa shape index (κ2) is 8.04. The van der Waals surface area contributed by atoms with E-state index < -0.39 is 4.92 Å². The summed E-state index contributed by atoms with van der Waals surface area (Å²) in [6, 6.07) is 21.8. The molecule has 0 aliphatic carbocycles. The Morgan fingerprint density at radius 3 is 2.19 bits per heavy atom. The molecule has 4 nitrogen and oxygen atoms in total. The van der Waals surface area contributed by atoms with Crippen molar-refractivity contribution >= 4 is 5.69 Å². The van der Waals surface area contributed by atoms with E-state index in [2.05, 4.69) is 0 Å². The van der Waals surface area contributed by atoms with Gasteiger partial charge in [0, 0.05) is 0 Å². The summed E-state index contributed by atoms with van der Waals surface area (Å²) in [4.78, 5) is 9.99. The maximum Gasteiger partial charge on any atom is 2.00 e. The number of nitro groups is 1. The molecule has 0 saturated heterocycles. The summed E-state index contributed by atoms with van der Waals surface area (Å²) < 4.78 is 0. The van der Waals surface area contributed by atoms with Crippen LogP contribution >= 0.6 is 0 Å². The van der Waals surface area contributed by atoms with Gasteiger partial charge in [-0.25, -0.2) is 12.1 Å². The van der Waals surface area contributed by atoms with Crippen molar-refractivity contribution in [2.75, 3.05) is 0 Å². The Balaban J connectivity index is 0.000000313. The largest absolute Gasteiger partial charge is 2.00 e. The molecule has 0 radical (unpaired) electrons. The fourth-order valence-corrected chi connectivity index (χ4v) is 1.74. The van der Waals surface area contributed by atoms with Gasteiger partial charge < -0.3 is 5.11 Å². The number of nitrogens with zero attached hydrogens (tertiary/aromatic N) is 1. The first-order valence-corrected chi connectivity index (χ1v) is 6.04. The van der Waals surface area contributed by atoms with E-state index >= 15 is 0 Å². The number of phenolic OH excluding ortho intramolecular Hbond substituents is 1. The maximum absolute atomic E-state index is 10.6. The van der Waals surface area contributed by atoms with E-state index in [4.69, 9.17) is 0 Å². The van der Waals surface area contributed by atoms with E-state index in [-0.39, 0.29) is 28.5 Å². The van der Waals surface area contributed by atoms with Crippen molar-refractivity contribution in [1.29, 1.82) is 0 Å². The van der Waals surface area contributed by atoms with Gasteiger partial charge in [0.05, 0.1) is 4.92 Å². The van der Waals surface area contributed by atoms with Gasteiger partial charge in [-0.3, -0.25) is 10.1 Å². The van der Waals surface area contributed by atoms with Crippen LogP contribution in [-0.4, -0.2) is 10.0 Å².